The van der Waals surface area contributed by atoms with Crippen LogP contribution in [0.3, 0.4) is 0 Å². The third-order valence-corrected chi connectivity index (χ3v) is 4.35. The molecular weight excluding hydrogens is 312 g/mol. The van der Waals surface area contributed by atoms with E-state index in [0.717, 1.165) is 6.42 Å². The summed E-state index contributed by atoms with van der Waals surface area (Å²) >= 11 is 0. The third kappa shape index (κ3) is 6.52. The Hall–Kier alpha value is -1.84. The molecule has 0 aliphatic rings. The fourth-order valence-corrected chi connectivity index (χ4v) is 2.64. The first-order valence-corrected chi connectivity index (χ1v) is 8.98. The lowest BCUT2D eigenvalue weighted by Gasteiger charge is -2.22. The molecule has 0 aliphatic carbocycles. The molecule has 0 radical (unpaired) electrons. The standard InChI is InChI=1S/C21H34N2O2/c1-14-11-16(20(3,4)5)12-15(2)17(14)9-10-22-18(24)13-23-19(25)21(6,7)8/h11-12H,9-10,13H2,1-8H3,(H,22,24)(H,23,25). The van der Waals surface area contributed by atoms with Crippen molar-refractivity contribution in [3.63, 3.8) is 0 Å². The molecule has 25 heavy (non-hydrogen) atoms. The quantitative estimate of drug-likeness (QED) is 0.858. The van der Waals surface area contributed by atoms with Crippen molar-refractivity contribution < 1.29 is 9.59 Å². The van der Waals surface area contributed by atoms with Crippen LogP contribution in [0.25, 0.3) is 0 Å². The van der Waals surface area contributed by atoms with Crippen LogP contribution in [0.2, 0.25) is 0 Å². The van der Waals surface area contributed by atoms with Crippen LogP contribution in [0.4, 0.5) is 0 Å². The highest BCUT2D eigenvalue weighted by Crippen LogP contribution is 2.27. The Bertz CT molecular complexity index is 611. The molecular formula is C21H34N2O2. The molecule has 0 saturated carbocycles. The van der Waals surface area contributed by atoms with Crippen molar-refractivity contribution in [1.29, 1.82) is 0 Å². The summed E-state index contributed by atoms with van der Waals surface area (Å²) in [6, 6.07) is 4.49. The molecule has 0 saturated heterocycles. The maximum atomic E-state index is 11.9. The fraction of sp³-hybridized carbons (Fsp3) is 0.619. The number of benzene rings is 1. The normalized spacial score (nSPS) is 12.0. The van der Waals surface area contributed by atoms with Gasteiger partial charge in [-0.15, -0.1) is 0 Å². The molecule has 0 aromatic heterocycles. The molecule has 0 aliphatic heterocycles. The number of rotatable bonds is 5. The average Bonchev–Trinajstić information content (AvgIpc) is 2.45. The summed E-state index contributed by atoms with van der Waals surface area (Å²) in [5.74, 6) is -0.272. The Morgan fingerprint density at radius 2 is 1.44 bits per heavy atom. The summed E-state index contributed by atoms with van der Waals surface area (Å²) in [5.41, 5.74) is 4.80. The maximum Gasteiger partial charge on any atom is 0.239 e. The highest BCUT2D eigenvalue weighted by Gasteiger charge is 2.21. The molecule has 4 nitrogen and oxygen atoms in total. The molecule has 1 rings (SSSR count). The molecule has 0 unspecified atom stereocenters. The van der Waals surface area contributed by atoms with Crippen LogP contribution < -0.4 is 10.6 Å². The van der Waals surface area contributed by atoms with Crippen molar-refractivity contribution in [2.75, 3.05) is 13.1 Å². The van der Waals surface area contributed by atoms with Crippen LogP contribution in [0.1, 0.15) is 63.8 Å². The van der Waals surface area contributed by atoms with Crippen LogP contribution in [-0.4, -0.2) is 24.9 Å². The van der Waals surface area contributed by atoms with Crippen LogP contribution in [0.5, 0.6) is 0 Å². The second kappa shape index (κ2) is 8.03. The number of hydrogen-bond acceptors (Lipinski definition) is 2. The zero-order chi connectivity index (χ0) is 19.4. The van der Waals surface area contributed by atoms with Crippen LogP contribution in [0, 0.1) is 19.3 Å². The fourth-order valence-electron chi connectivity index (χ4n) is 2.64. The second-order valence-corrected chi connectivity index (χ2v) is 8.87. The first-order valence-electron chi connectivity index (χ1n) is 8.98. The molecule has 4 heteroatoms. The molecule has 1 aromatic rings. The number of carbonyl (C=O) groups excluding carboxylic acids is 2. The smallest absolute Gasteiger partial charge is 0.239 e. The minimum Gasteiger partial charge on any atom is -0.354 e. The van der Waals surface area contributed by atoms with E-state index in [1.165, 1.54) is 22.3 Å². The van der Waals surface area contributed by atoms with Gasteiger partial charge in [0, 0.05) is 12.0 Å². The van der Waals surface area contributed by atoms with E-state index in [1.807, 2.05) is 20.8 Å². The summed E-state index contributed by atoms with van der Waals surface area (Å²) < 4.78 is 0. The SMILES string of the molecule is Cc1cc(C(C)(C)C)cc(C)c1CCNC(=O)CNC(=O)C(C)(C)C. The predicted molar refractivity (Wildman–Crippen MR) is 104 cm³/mol. The lowest BCUT2D eigenvalue weighted by Crippen LogP contribution is -2.42. The van der Waals surface area contributed by atoms with Crippen molar-refractivity contribution in [2.24, 2.45) is 5.41 Å². The number of amides is 2. The largest absolute Gasteiger partial charge is 0.354 e. The first kappa shape index (κ1) is 21.2. The molecule has 2 N–H and O–H groups in total. The summed E-state index contributed by atoms with van der Waals surface area (Å²) in [6.07, 6.45) is 0.793. The highest BCUT2D eigenvalue weighted by molar-refractivity contribution is 5.87. The Labute approximate surface area is 152 Å². The highest BCUT2D eigenvalue weighted by atomic mass is 16.2. The van der Waals surface area contributed by atoms with E-state index in [2.05, 4.69) is 57.4 Å². The number of nitrogens with one attached hydrogen (secondary N) is 2. The Morgan fingerprint density at radius 3 is 1.88 bits per heavy atom. The third-order valence-electron chi connectivity index (χ3n) is 4.35. The Morgan fingerprint density at radius 1 is 0.920 bits per heavy atom. The van der Waals surface area contributed by atoms with Crippen LogP contribution in [-0.2, 0) is 21.4 Å². The Kier molecular flexibility index (Phi) is 6.81. The van der Waals surface area contributed by atoms with Gasteiger partial charge in [-0.3, -0.25) is 9.59 Å². The number of aryl methyl sites for hydroxylation is 2. The van der Waals surface area contributed by atoms with E-state index in [1.54, 1.807) is 0 Å². The van der Waals surface area contributed by atoms with Gasteiger partial charge in [-0.05, 0) is 47.9 Å². The maximum absolute atomic E-state index is 11.9. The van der Waals surface area contributed by atoms with Gasteiger partial charge < -0.3 is 10.6 Å². The molecule has 0 fully saturated rings. The lowest BCUT2D eigenvalue weighted by molar-refractivity contribution is -0.131. The summed E-state index contributed by atoms with van der Waals surface area (Å²) in [5, 5.41) is 5.55. The topological polar surface area (TPSA) is 58.2 Å². The van der Waals surface area contributed by atoms with Crippen molar-refractivity contribution in [1.82, 2.24) is 10.6 Å². The van der Waals surface area contributed by atoms with Gasteiger partial charge in [-0.1, -0.05) is 53.7 Å². The lowest BCUT2D eigenvalue weighted by atomic mass is 9.83. The van der Waals surface area contributed by atoms with Gasteiger partial charge >= 0.3 is 0 Å². The zero-order valence-corrected chi connectivity index (χ0v) is 17.1. The van der Waals surface area contributed by atoms with E-state index >= 15 is 0 Å². The van der Waals surface area contributed by atoms with Gasteiger partial charge in [0.05, 0.1) is 6.54 Å². The molecule has 0 spiro atoms. The second-order valence-electron chi connectivity index (χ2n) is 8.87. The van der Waals surface area contributed by atoms with Crippen molar-refractivity contribution in [2.45, 2.75) is 67.2 Å². The minimum atomic E-state index is -0.483. The number of hydrogen-bond donors (Lipinski definition) is 2. The summed E-state index contributed by atoms with van der Waals surface area (Å²) in [4.78, 5) is 23.7. The van der Waals surface area contributed by atoms with Gasteiger partial charge in [0.25, 0.3) is 0 Å². The van der Waals surface area contributed by atoms with Gasteiger partial charge in [0.2, 0.25) is 11.8 Å². The van der Waals surface area contributed by atoms with Gasteiger partial charge in [-0.2, -0.15) is 0 Å². The monoisotopic (exact) mass is 346 g/mol. The van der Waals surface area contributed by atoms with E-state index < -0.39 is 5.41 Å². The van der Waals surface area contributed by atoms with Gasteiger partial charge in [-0.25, -0.2) is 0 Å². The molecule has 140 valence electrons. The van der Waals surface area contributed by atoms with Crippen molar-refractivity contribution in [3.8, 4) is 0 Å². The Balaban J connectivity index is 2.57. The van der Waals surface area contributed by atoms with Crippen molar-refractivity contribution in [3.05, 3.63) is 34.4 Å². The molecule has 2 amide bonds. The number of carbonyl (C=O) groups is 2. The molecule has 0 bridgehead atoms. The minimum absolute atomic E-state index is 0.0248. The van der Waals surface area contributed by atoms with Gasteiger partial charge in [0.1, 0.15) is 0 Å². The van der Waals surface area contributed by atoms with Crippen LogP contribution >= 0.6 is 0 Å². The van der Waals surface area contributed by atoms with E-state index in [-0.39, 0.29) is 23.8 Å². The summed E-state index contributed by atoms with van der Waals surface area (Å²) in [6.45, 7) is 17.0. The first-order chi connectivity index (χ1) is 11.3. The molecule has 0 atom stereocenters. The van der Waals surface area contributed by atoms with E-state index in [0.29, 0.717) is 6.54 Å². The average molecular weight is 347 g/mol. The molecule has 1 aromatic carbocycles. The van der Waals surface area contributed by atoms with Crippen LogP contribution in [0.15, 0.2) is 12.1 Å². The summed E-state index contributed by atoms with van der Waals surface area (Å²) in [7, 11) is 0. The van der Waals surface area contributed by atoms with Crippen molar-refractivity contribution >= 4 is 11.8 Å². The molecule has 0 heterocycles. The predicted octanol–water partition coefficient (Wildman–Crippen LogP) is 3.42. The van der Waals surface area contributed by atoms with E-state index in [4.69, 9.17) is 0 Å². The van der Waals surface area contributed by atoms with Gasteiger partial charge in [0.15, 0.2) is 0 Å². The zero-order valence-electron chi connectivity index (χ0n) is 17.1. The van der Waals surface area contributed by atoms with E-state index in [9.17, 15) is 9.59 Å².